The number of nitrogens with zero attached hydrogens (tertiary/aromatic N) is 4. The zero-order chi connectivity index (χ0) is 15.8. The quantitative estimate of drug-likeness (QED) is 0.856. The number of likely N-dealkylation sites (N-methyl/N-ethyl adjacent to an activating group) is 1. The van der Waals surface area contributed by atoms with Gasteiger partial charge in [0, 0.05) is 25.4 Å². The molecule has 0 radical (unpaired) electrons. The smallest absolute Gasteiger partial charge is 0.235 e. The van der Waals surface area contributed by atoms with Crippen molar-refractivity contribution in [2.24, 2.45) is 0 Å². The Kier molecular flexibility index (Phi) is 5.84. The van der Waals surface area contributed by atoms with Crippen molar-refractivity contribution in [1.29, 1.82) is 5.26 Å². The van der Waals surface area contributed by atoms with Gasteiger partial charge in [-0.05, 0) is 26.0 Å². The highest BCUT2D eigenvalue weighted by Gasteiger charge is 2.33. The molecule has 0 bridgehead atoms. The van der Waals surface area contributed by atoms with Gasteiger partial charge in [-0.25, -0.2) is 9.97 Å². The van der Waals surface area contributed by atoms with Gasteiger partial charge in [0.05, 0.1) is 12.6 Å². The molecule has 1 aliphatic carbocycles. The Morgan fingerprint density at radius 3 is 2.68 bits per heavy atom. The van der Waals surface area contributed by atoms with E-state index >= 15 is 0 Å². The van der Waals surface area contributed by atoms with Crippen LogP contribution < -0.4 is 5.32 Å². The number of carbonyl (C=O) groups excluding carboxylic acids is 1. The van der Waals surface area contributed by atoms with Crippen molar-refractivity contribution < 1.29 is 4.79 Å². The van der Waals surface area contributed by atoms with Crippen molar-refractivity contribution in [3.8, 4) is 6.07 Å². The van der Waals surface area contributed by atoms with Crippen LogP contribution in [0.15, 0.2) is 18.5 Å². The standard InChI is InChI=1S/C16H23N5O/c1-21(11-6-14-18-9-5-10-19-14)12-15(22)20-16(13-17)7-3-2-4-8-16/h5,9-10H,2-4,6-8,11-12H2,1H3,(H,20,22). The average Bonchev–Trinajstić information content (AvgIpc) is 2.54. The lowest BCUT2D eigenvalue weighted by Crippen LogP contribution is -2.51. The molecule has 118 valence electrons. The van der Waals surface area contributed by atoms with Crippen LogP contribution in [-0.2, 0) is 11.2 Å². The van der Waals surface area contributed by atoms with Crippen LogP contribution in [-0.4, -0.2) is 46.5 Å². The van der Waals surface area contributed by atoms with Crippen molar-refractivity contribution in [3.05, 3.63) is 24.3 Å². The molecule has 1 saturated carbocycles. The molecule has 2 rings (SSSR count). The van der Waals surface area contributed by atoms with Crippen LogP contribution in [0.4, 0.5) is 0 Å². The summed E-state index contributed by atoms with van der Waals surface area (Å²) in [5.74, 6) is 0.690. The molecule has 1 heterocycles. The highest BCUT2D eigenvalue weighted by Crippen LogP contribution is 2.27. The normalized spacial score (nSPS) is 17.0. The molecule has 6 heteroatoms. The fourth-order valence-electron chi connectivity index (χ4n) is 2.80. The average molecular weight is 301 g/mol. The van der Waals surface area contributed by atoms with Gasteiger partial charge in [0.15, 0.2) is 0 Å². The van der Waals surface area contributed by atoms with Crippen LogP contribution in [0.1, 0.15) is 37.9 Å². The molecule has 1 N–H and O–H groups in total. The van der Waals surface area contributed by atoms with E-state index in [0.717, 1.165) is 37.9 Å². The van der Waals surface area contributed by atoms with Gasteiger partial charge >= 0.3 is 0 Å². The maximum absolute atomic E-state index is 12.2. The minimum atomic E-state index is -0.654. The van der Waals surface area contributed by atoms with Gasteiger partial charge in [-0.3, -0.25) is 9.69 Å². The Morgan fingerprint density at radius 2 is 2.05 bits per heavy atom. The Morgan fingerprint density at radius 1 is 1.36 bits per heavy atom. The second kappa shape index (κ2) is 7.85. The molecule has 0 aliphatic heterocycles. The third-order valence-electron chi connectivity index (χ3n) is 4.05. The molecule has 0 aromatic carbocycles. The highest BCUT2D eigenvalue weighted by molar-refractivity contribution is 5.79. The zero-order valence-electron chi connectivity index (χ0n) is 13.1. The highest BCUT2D eigenvalue weighted by atomic mass is 16.2. The first-order valence-electron chi connectivity index (χ1n) is 7.80. The summed E-state index contributed by atoms with van der Waals surface area (Å²) in [6, 6.07) is 4.09. The van der Waals surface area contributed by atoms with E-state index in [1.165, 1.54) is 0 Å². The van der Waals surface area contributed by atoms with E-state index in [9.17, 15) is 10.1 Å². The maximum Gasteiger partial charge on any atom is 0.235 e. The molecule has 1 amide bonds. The van der Waals surface area contributed by atoms with Crippen LogP contribution in [0.3, 0.4) is 0 Å². The number of hydrogen-bond donors (Lipinski definition) is 1. The zero-order valence-corrected chi connectivity index (χ0v) is 13.1. The molecule has 0 unspecified atom stereocenters. The molecule has 6 nitrogen and oxygen atoms in total. The van der Waals surface area contributed by atoms with Crippen LogP contribution in [0, 0.1) is 11.3 Å². The molecular weight excluding hydrogens is 278 g/mol. The molecule has 0 spiro atoms. The van der Waals surface area contributed by atoms with Gasteiger partial charge in [-0.1, -0.05) is 19.3 Å². The molecule has 0 atom stereocenters. The second-order valence-corrected chi connectivity index (χ2v) is 5.96. The minimum Gasteiger partial charge on any atom is -0.337 e. The SMILES string of the molecule is CN(CCc1ncccn1)CC(=O)NC1(C#N)CCCCC1. The lowest BCUT2D eigenvalue weighted by Gasteiger charge is -2.32. The molecule has 1 fully saturated rings. The summed E-state index contributed by atoms with van der Waals surface area (Å²) in [7, 11) is 1.89. The third-order valence-corrected chi connectivity index (χ3v) is 4.05. The van der Waals surface area contributed by atoms with Gasteiger partial charge in [0.1, 0.15) is 11.4 Å². The molecular formula is C16H23N5O. The summed E-state index contributed by atoms with van der Waals surface area (Å²) in [6.07, 6.45) is 8.82. The molecule has 1 aromatic rings. The van der Waals surface area contributed by atoms with E-state index in [2.05, 4.69) is 21.4 Å². The Labute approximate surface area is 131 Å². The Hall–Kier alpha value is -2.00. The number of carbonyl (C=O) groups is 1. The van der Waals surface area contributed by atoms with Crippen LogP contribution in [0.5, 0.6) is 0 Å². The first-order valence-corrected chi connectivity index (χ1v) is 7.80. The Bertz CT molecular complexity index is 519. The van der Waals surface area contributed by atoms with E-state index in [0.29, 0.717) is 13.0 Å². The maximum atomic E-state index is 12.2. The van der Waals surface area contributed by atoms with Gasteiger partial charge < -0.3 is 5.32 Å². The van der Waals surface area contributed by atoms with Crippen LogP contribution in [0.2, 0.25) is 0 Å². The predicted octanol–water partition coefficient (Wildman–Crippen LogP) is 1.29. The summed E-state index contributed by atoms with van der Waals surface area (Å²) in [5.41, 5.74) is -0.654. The topological polar surface area (TPSA) is 81.9 Å². The number of hydrogen-bond acceptors (Lipinski definition) is 5. The summed E-state index contributed by atoms with van der Waals surface area (Å²) in [6.45, 7) is 0.993. The van der Waals surface area contributed by atoms with Crippen molar-refractivity contribution in [3.63, 3.8) is 0 Å². The summed E-state index contributed by atoms with van der Waals surface area (Å²) >= 11 is 0. The van der Waals surface area contributed by atoms with Crippen LogP contribution in [0.25, 0.3) is 0 Å². The fraction of sp³-hybridized carbons (Fsp3) is 0.625. The van der Waals surface area contributed by atoms with Gasteiger partial charge in [-0.2, -0.15) is 5.26 Å². The number of nitrogens with one attached hydrogen (secondary N) is 1. The van der Waals surface area contributed by atoms with Crippen molar-refractivity contribution >= 4 is 5.91 Å². The fourth-order valence-corrected chi connectivity index (χ4v) is 2.80. The van der Waals surface area contributed by atoms with E-state index in [1.54, 1.807) is 18.5 Å². The first-order chi connectivity index (χ1) is 10.6. The largest absolute Gasteiger partial charge is 0.337 e. The molecule has 0 saturated heterocycles. The van der Waals surface area contributed by atoms with Crippen molar-refractivity contribution in [2.75, 3.05) is 20.1 Å². The van der Waals surface area contributed by atoms with Crippen molar-refractivity contribution in [1.82, 2.24) is 20.2 Å². The molecule has 1 aromatic heterocycles. The number of rotatable bonds is 6. The summed E-state index contributed by atoms with van der Waals surface area (Å²) in [5, 5.41) is 12.3. The van der Waals surface area contributed by atoms with E-state index in [-0.39, 0.29) is 12.5 Å². The number of amides is 1. The van der Waals surface area contributed by atoms with Crippen LogP contribution >= 0.6 is 0 Å². The first kappa shape index (κ1) is 16.4. The van der Waals surface area contributed by atoms with E-state index < -0.39 is 5.54 Å². The number of aromatic nitrogens is 2. The Balaban J connectivity index is 1.77. The predicted molar refractivity (Wildman–Crippen MR) is 82.8 cm³/mol. The van der Waals surface area contributed by atoms with Gasteiger partial charge in [-0.15, -0.1) is 0 Å². The van der Waals surface area contributed by atoms with Gasteiger partial charge in [0.2, 0.25) is 5.91 Å². The monoisotopic (exact) mass is 301 g/mol. The second-order valence-electron chi connectivity index (χ2n) is 5.96. The lowest BCUT2D eigenvalue weighted by atomic mass is 9.83. The summed E-state index contributed by atoms with van der Waals surface area (Å²) < 4.78 is 0. The lowest BCUT2D eigenvalue weighted by molar-refractivity contribution is -0.123. The van der Waals surface area contributed by atoms with Gasteiger partial charge in [0.25, 0.3) is 0 Å². The third kappa shape index (κ3) is 4.78. The van der Waals surface area contributed by atoms with E-state index in [1.807, 2.05) is 11.9 Å². The number of nitriles is 1. The molecule has 1 aliphatic rings. The minimum absolute atomic E-state index is 0.0834. The summed E-state index contributed by atoms with van der Waals surface area (Å²) in [4.78, 5) is 22.4. The van der Waals surface area contributed by atoms with E-state index in [4.69, 9.17) is 0 Å². The van der Waals surface area contributed by atoms with Crippen molar-refractivity contribution in [2.45, 2.75) is 44.1 Å². The molecule has 22 heavy (non-hydrogen) atoms.